The highest BCUT2D eigenvalue weighted by Gasteiger charge is 2.59. The summed E-state index contributed by atoms with van der Waals surface area (Å²) in [6, 6.07) is 0.375. The van der Waals surface area contributed by atoms with Crippen LogP contribution in [0.4, 0.5) is 0 Å². The summed E-state index contributed by atoms with van der Waals surface area (Å²) < 4.78 is 23.1. The quantitative estimate of drug-likeness (QED) is 0.712. The largest absolute Gasteiger partial charge is 0.314 e. The second kappa shape index (κ2) is 4.33. The molecule has 16 heavy (non-hydrogen) atoms. The molecular formula is C10H20N2O3S. The van der Waals surface area contributed by atoms with Gasteiger partial charge in [0.05, 0.1) is 0 Å². The molecule has 1 aliphatic rings. The number of hydrogen-bond donors (Lipinski definition) is 1. The van der Waals surface area contributed by atoms with Crippen LogP contribution >= 0.6 is 0 Å². The van der Waals surface area contributed by atoms with E-state index < -0.39 is 14.8 Å². The minimum absolute atomic E-state index is 0.282. The maximum Gasteiger partial charge on any atom is 0.258 e. The van der Waals surface area contributed by atoms with Crippen LogP contribution < -0.4 is 5.32 Å². The zero-order valence-electron chi connectivity index (χ0n) is 10.3. The lowest BCUT2D eigenvalue weighted by molar-refractivity contribution is -0.132. The standard InChI is InChI=1S/C10H20N2O3S/c1-8(2)11-6-5-7-12-9(13)10(3,4)16(12,14)15/h8,11H,5-7H2,1-4H3. The van der Waals surface area contributed by atoms with Gasteiger partial charge in [0.1, 0.15) is 0 Å². The molecular weight excluding hydrogens is 228 g/mol. The fourth-order valence-electron chi connectivity index (χ4n) is 1.59. The smallest absolute Gasteiger partial charge is 0.258 e. The molecule has 0 aromatic carbocycles. The van der Waals surface area contributed by atoms with Crippen molar-refractivity contribution in [2.45, 2.75) is 44.9 Å². The molecule has 0 aromatic heterocycles. The number of carbonyl (C=O) groups is 1. The van der Waals surface area contributed by atoms with Gasteiger partial charge in [-0.1, -0.05) is 13.8 Å². The van der Waals surface area contributed by atoms with E-state index in [0.717, 1.165) is 10.8 Å². The highest BCUT2D eigenvalue weighted by Crippen LogP contribution is 2.34. The predicted octanol–water partition coefficient (Wildman–Crippen LogP) is 0.325. The minimum Gasteiger partial charge on any atom is -0.314 e. The van der Waals surface area contributed by atoms with E-state index >= 15 is 0 Å². The van der Waals surface area contributed by atoms with Gasteiger partial charge in [-0.15, -0.1) is 0 Å². The van der Waals surface area contributed by atoms with E-state index in [2.05, 4.69) is 5.32 Å². The molecule has 94 valence electrons. The van der Waals surface area contributed by atoms with Gasteiger partial charge in [-0.05, 0) is 26.8 Å². The van der Waals surface area contributed by atoms with Crippen molar-refractivity contribution in [2.75, 3.05) is 13.1 Å². The topological polar surface area (TPSA) is 66.5 Å². The molecule has 1 fully saturated rings. The van der Waals surface area contributed by atoms with E-state index in [-0.39, 0.29) is 12.5 Å². The number of nitrogens with zero attached hydrogens (tertiary/aromatic N) is 1. The Hall–Kier alpha value is -0.620. The Kier molecular flexibility index (Phi) is 3.64. The van der Waals surface area contributed by atoms with Gasteiger partial charge in [0.15, 0.2) is 4.75 Å². The Labute approximate surface area is 97.2 Å². The van der Waals surface area contributed by atoms with Crippen LogP contribution in [-0.4, -0.2) is 42.5 Å². The van der Waals surface area contributed by atoms with Crippen molar-refractivity contribution in [3.63, 3.8) is 0 Å². The Morgan fingerprint density at radius 2 is 1.94 bits per heavy atom. The molecule has 0 aliphatic carbocycles. The molecule has 0 radical (unpaired) electrons. The summed E-state index contributed by atoms with van der Waals surface area (Å²) in [5, 5.41) is 3.18. The van der Waals surface area contributed by atoms with Crippen molar-refractivity contribution < 1.29 is 13.2 Å². The van der Waals surface area contributed by atoms with Crippen molar-refractivity contribution >= 4 is 15.9 Å². The van der Waals surface area contributed by atoms with Crippen molar-refractivity contribution in [3.05, 3.63) is 0 Å². The summed E-state index contributed by atoms with van der Waals surface area (Å²) in [5.41, 5.74) is 0. The molecule has 5 nitrogen and oxygen atoms in total. The van der Waals surface area contributed by atoms with Crippen LogP contribution in [0.1, 0.15) is 34.1 Å². The second-order valence-corrected chi connectivity index (χ2v) is 7.27. The van der Waals surface area contributed by atoms with E-state index in [1.54, 1.807) is 0 Å². The lowest BCUT2D eigenvalue weighted by Gasteiger charge is -2.43. The molecule has 0 aromatic rings. The Balaban J connectivity index is 2.44. The Bertz CT molecular complexity index is 374. The van der Waals surface area contributed by atoms with Crippen molar-refractivity contribution in [1.29, 1.82) is 0 Å². The fraction of sp³-hybridized carbons (Fsp3) is 0.900. The van der Waals surface area contributed by atoms with Crippen LogP contribution in [0.5, 0.6) is 0 Å². The van der Waals surface area contributed by atoms with Gasteiger partial charge < -0.3 is 5.32 Å². The molecule has 1 aliphatic heterocycles. The molecule has 1 heterocycles. The zero-order chi connectivity index (χ0) is 12.6. The summed E-state index contributed by atoms with van der Waals surface area (Å²) in [4.78, 5) is 11.6. The Morgan fingerprint density at radius 3 is 2.38 bits per heavy atom. The lowest BCUT2D eigenvalue weighted by Crippen LogP contribution is -2.67. The molecule has 0 spiro atoms. The molecule has 1 rings (SSSR count). The monoisotopic (exact) mass is 248 g/mol. The summed E-state index contributed by atoms with van der Waals surface area (Å²) in [6.45, 7) is 7.95. The van der Waals surface area contributed by atoms with Crippen LogP contribution in [0.3, 0.4) is 0 Å². The van der Waals surface area contributed by atoms with E-state index in [1.807, 2.05) is 13.8 Å². The Morgan fingerprint density at radius 1 is 1.38 bits per heavy atom. The van der Waals surface area contributed by atoms with E-state index in [0.29, 0.717) is 12.5 Å². The van der Waals surface area contributed by atoms with E-state index in [4.69, 9.17) is 0 Å². The van der Waals surface area contributed by atoms with Crippen molar-refractivity contribution in [3.8, 4) is 0 Å². The van der Waals surface area contributed by atoms with Gasteiger partial charge in [-0.25, -0.2) is 12.7 Å². The number of hydrogen-bond acceptors (Lipinski definition) is 4. The highest BCUT2D eigenvalue weighted by atomic mass is 32.2. The fourth-order valence-corrected chi connectivity index (χ4v) is 3.16. The average Bonchev–Trinajstić information content (AvgIpc) is 2.15. The first-order valence-electron chi connectivity index (χ1n) is 5.51. The van der Waals surface area contributed by atoms with Crippen LogP contribution in [0, 0.1) is 0 Å². The van der Waals surface area contributed by atoms with Crippen LogP contribution in [0.15, 0.2) is 0 Å². The van der Waals surface area contributed by atoms with Gasteiger partial charge in [-0.2, -0.15) is 0 Å². The van der Waals surface area contributed by atoms with Crippen LogP contribution in [-0.2, 0) is 14.8 Å². The molecule has 0 saturated carbocycles. The lowest BCUT2D eigenvalue weighted by atomic mass is 10.2. The summed E-state index contributed by atoms with van der Waals surface area (Å²) in [6.07, 6.45) is 0.652. The first-order valence-corrected chi connectivity index (χ1v) is 6.95. The molecule has 6 heteroatoms. The second-order valence-electron chi connectivity index (χ2n) is 4.86. The number of nitrogens with one attached hydrogen (secondary N) is 1. The van der Waals surface area contributed by atoms with E-state index in [1.165, 1.54) is 13.8 Å². The summed E-state index contributed by atoms with van der Waals surface area (Å²) in [7, 11) is -3.39. The van der Waals surface area contributed by atoms with Gasteiger partial charge in [0.2, 0.25) is 0 Å². The normalized spacial score (nSPS) is 22.3. The van der Waals surface area contributed by atoms with E-state index in [9.17, 15) is 13.2 Å². The predicted molar refractivity (Wildman–Crippen MR) is 62.5 cm³/mol. The first kappa shape index (κ1) is 13.4. The van der Waals surface area contributed by atoms with Gasteiger partial charge in [0, 0.05) is 12.6 Å². The number of sulfonamides is 1. The third-order valence-electron chi connectivity index (χ3n) is 2.77. The molecule has 1 amide bonds. The van der Waals surface area contributed by atoms with Gasteiger partial charge in [0.25, 0.3) is 15.9 Å². The van der Waals surface area contributed by atoms with Gasteiger partial charge >= 0.3 is 0 Å². The number of carbonyl (C=O) groups excluding carboxylic acids is 1. The molecule has 0 atom stereocenters. The zero-order valence-corrected chi connectivity index (χ0v) is 11.1. The van der Waals surface area contributed by atoms with Crippen LogP contribution in [0.2, 0.25) is 0 Å². The first-order chi connectivity index (χ1) is 7.21. The molecule has 0 bridgehead atoms. The molecule has 1 N–H and O–H groups in total. The van der Waals surface area contributed by atoms with Crippen LogP contribution in [0.25, 0.3) is 0 Å². The summed E-state index contributed by atoms with van der Waals surface area (Å²) >= 11 is 0. The molecule has 1 saturated heterocycles. The van der Waals surface area contributed by atoms with Crippen molar-refractivity contribution in [1.82, 2.24) is 9.62 Å². The average molecular weight is 248 g/mol. The highest BCUT2D eigenvalue weighted by molar-refractivity contribution is 7.94. The van der Waals surface area contributed by atoms with Crippen molar-refractivity contribution in [2.24, 2.45) is 0 Å². The SMILES string of the molecule is CC(C)NCCCN1C(=O)C(C)(C)S1(=O)=O. The molecule has 0 unspecified atom stereocenters. The summed E-state index contributed by atoms with van der Waals surface area (Å²) in [5.74, 6) is -0.294. The third kappa shape index (κ3) is 2.08. The van der Waals surface area contributed by atoms with Gasteiger partial charge in [-0.3, -0.25) is 4.79 Å². The number of amides is 1. The maximum atomic E-state index is 11.7. The minimum atomic E-state index is -3.39. The maximum absolute atomic E-state index is 11.7. The third-order valence-corrected chi connectivity index (χ3v) is 5.16. The number of rotatable bonds is 5.